The van der Waals surface area contributed by atoms with Crippen molar-refractivity contribution in [1.29, 1.82) is 0 Å². The van der Waals surface area contributed by atoms with Crippen LogP contribution in [0.2, 0.25) is 0 Å². The molecular formula is C19H30N2O3. The lowest BCUT2D eigenvalue weighted by atomic mass is 9.49. The Balaban J connectivity index is 1.46. The second-order valence-electron chi connectivity index (χ2n) is 8.64. The number of rotatable bonds is 5. The van der Waals surface area contributed by atoms with Gasteiger partial charge >= 0.3 is 0 Å². The Morgan fingerprint density at radius 1 is 1.12 bits per heavy atom. The predicted octanol–water partition coefficient (Wildman–Crippen LogP) is 1.96. The quantitative estimate of drug-likeness (QED) is 0.782. The fourth-order valence-corrected chi connectivity index (χ4v) is 6.35. The number of methoxy groups -OCH3 is 1. The van der Waals surface area contributed by atoms with Crippen LogP contribution in [0.15, 0.2) is 0 Å². The van der Waals surface area contributed by atoms with Gasteiger partial charge in [0.1, 0.15) is 6.04 Å². The molecule has 1 saturated heterocycles. The maximum atomic E-state index is 13.5. The van der Waals surface area contributed by atoms with E-state index in [1.54, 1.807) is 7.11 Å². The number of ether oxygens (including phenoxy) is 1. The summed E-state index contributed by atoms with van der Waals surface area (Å²) in [6.07, 6.45) is 9.00. The van der Waals surface area contributed by atoms with Crippen molar-refractivity contribution in [2.75, 3.05) is 26.8 Å². The van der Waals surface area contributed by atoms with Crippen molar-refractivity contribution in [1.82, 2.24) is 10.2 Å². The zero-order chi connectivity index (χ0) is 16.7. The third-order valence-corrected chi connectivity index (χ3v) is 6.91. The van der Waals surface area contributed by atoms with Crippen molar-refractivity contribution < 1.29 is 14.3 Å². The Kier molecular flexibility index (Phi) is 4.31. The third-order valence-electron chi connectivity index (χ3n) is 6.91. The molecule has 0 radical (unpaired) electrons. The number of likely N-dealkylation sites (tertiary alicyclic amines) is 1. The van der Waals surface area contributed by atoms with Gasteiger partial charge in [0.2, 0.25) is 11.8 Å². The number of carbonyl (C=O) groups excluding carboxylic acids is 2. The molecule has 2 amide bonds. The van der Waals surface area contributed by atoms with Gasteiger partial charge in [-0.25, -0.2) is 0 Å². The number of nitrogens with one attached hydrogen (secondary N) is 1. The van der Waals surface area contributed by atoms with Crippen LogP contribution >= 0.6 is 0 Å². The van der Waals surface area contributed by atoms with E-state index in [1.165, 1.54) is 19.3 Å². The minimum Gasteiger partial charge on any atom is -0.383 e. The highest BCUT2D eigenvalue weighted by Gasteiger charge is 2.56. The summed E-state index contributed by atoms with van der Waals surface area (Å²) in [6, 6.07) is -0.262. The van der Waals surface area contributed by atoms with E-state index >= 15 is 0 Å². The van der Waals surface area contributed by atoms with E-state index < -0.39 is 0 Å². The molecule has 1 unspecified atom stereocenters. The van der Waals surface area contributed by atoms with Crippen molar-refractivity contribution in [2.45, 2.75) is 57.4 Å². The molecule has 4 saturated carbocycles. The molecule has 0 aromatic carbocycles. The van der Waals surface area contributed by atoms with Crippen molar-refractivity contribution in [3.05, 3.63) is 0 Å². The summed E-state index contributed by atoms with van der Waals surface area (Å²) in [6.45, 7) is 1.79. The molecule has 5 heteroatoms. The molecule has 5 fully saturated rings. The zero-order valence-corrected chi connectivity index (χ0v) is 14.8. The Hall–Kier alpha value is -1.10. The Morgan fingerprint density at radius 3 is 2.33 bits per heavy atom. The smallest absolute Gasteiger partial charge is 0.242 e. The lowest BCUT2D eigenvalue weighted by Gasteiger charge is -2.56. The van der Waals surface area contributed by atoms with E-state index in [0.717, 1.165) is 56.4 Å². The van der Waals surface area contributed by atoms with Crippen molar-refractivity contribution in [3.8, 4) is 0 Å². The van der Waals surface area contributed by atoms with E-state index in [9.17, 15) is 9.59 Å². The third kappa shape index (κ3) is 2.75. The average molecular weight is 334 g/mol. The number of hydrogen-bond donors (Lipinski definition) is 1. The van der Waals surface area contributed by atoms with Crippen molar-refractivity contribution >= 4 is 11.8 Å². The normalized spacial score (nSPS) is 40.1. The lowest BCUT2D eigenvalue weighted by molar-refractivity contribution is -0.160. The molecule has 0 aromatic rings. The van der Waals surface area contributed by atoms with Crippen LogP contribution in [0.3, 0.4) is 0 Å². The van der Waals surface area contributed by atoms with E-state index in [4.69, 9.17) is 4.74 Å². The summed E-state index contributed by atoms with van der Waals surface area (Å²) in [5.41, 5.74) is -0.135. The molecule has 1 aliphatic heterocycles. The molecule has 1 N–H and O–H groups in total. The van der Waals surface area contributed by atoms with Gasteiger partial charge in [0, 0.05) is 20.2 Å². The van der Waals surface area contributed by atoms with Gasteiger partial charge in [0.15, 0.2) is 0 Å². The van der Waals surface area contributed by atoms with Gasteiger partial charge in [-0.2, -0.15) is 0 Å². The zero-order valence-electron chi connectivity index (χ0n) is 14.8. The van der Waals surface area contributed by atoms with Gasteiger partial charge < -0.3 is 15.0 Å². The molecule has 0 spiro atoms. The van der Waals surface area contributed by atoms with Crippen LogP contribution in [0.1, 0.15) is 51.4 Å². The predicted molar refractivity (Wildman–Crippen MR) is 90.2 cm³/mol. The van der Waals surface area contributed by atoms with Crippen LogP contribution in [-0.4, -0.2) is 49.6 Å². The molecule has 134 valence electrons. The van der Waals surface area contributed by atoms with Crippen LogP contribution < -0.4 is 5.32 Å². The van der Waals surface area contributed by atoms with Crippen molar-refractivity contribution in [2.24, 2.45) is 23.2 Å². The van der Waals surface area contributed by atoms with Crippen LogP contribution in [-0.2, 0) is 14.3 Å². The molecular weight excluding hydrogens is 304 g/mol. The fourth-order valence-electron chi connectivity index (χ4n) is 6.35. The first-order valence-corrected chi connectivity index (χ1v) is 9.69. The highest BCUT2D eigenvalue weighted by atomic mass is 16.5. The molecule has 5 aliphatic rings. The Bertz CT molecular complexity index is 483. The molecule has 1 heterocycles. The fraction of sp³-hybridized carbons (Fsp3) is 0.895. The molecule has 0 aromatic heterocycles. The number of hydrogen-bond acceptors (Lipinski definition) is 3. The van der Waals surface area contributed by atoms with Gasteiger partial charge in [0.25, 0.3) is 0 Å². The first-order valence-electron chi connectivity index (χ1n) is 9.69. The van der Waals surface area contributed by atoms with E-state index in [1.807, 2.05) is 4.90 Å². The standard InChI is InChI=1S/C19H30N2O3/c1-24-6-4-20-17(22)16-3-2-5-21(16)18(23)19-10-13-7-14(11-19)9-15(8-13)12-19/h13-16H,2-12H2,1H3,(H,20,22). The van der Waals surface area contributed by atoms with Gasteiger partial charge in [-0.15, -0.1) is 0 Å². The molecule has 4 bridgehead atoms. The largest absolute Gasteiger partial charge is 0.383 e. The van der Waals surface area contributed by atoms with Crippen LogP contribution in [0.25, 0.3) is 0 Å². The van der Waals surface area contributed by atoms with E-state index in [2.05, 4.69) is 5.32 Å². The minimum absolute atomic E-state index is 0.00243. The summed E-state index contributed by atoms with van der Waals surface area (Å²) >= 11 is 0. The molecule has 24 heavy (non-hydrogen) atoms. The van der Waals surface area contributed by atoms with E-state index in [0.29, 0.717) is 19.1 Å². The maximum Gasteiger partial charge on any atom is 0.242 e. The van der Waals surface area contributed by atoms with Gasteiger partial charge in [0.05, 0.1) is 12.0 Å². The van der Waals surface area contributed by atoms with Gasteiger partial charge in [-0.05, 0) is 69.1 Å². The second kappa shape index (κ2) is 6.32. The topological polar surface area (TPSA) is 58.6 Å². The number of nitrogens with zero attached hydrogens (tertiary/aromatic N) is 1. The molecule has 5 nitrogen and oxygen atoms in total. The van der Waals surface area contributed by atoms with Gasteiger partial charge in [-0.1, -0.05) is 0 Å². The first kappa shape index (κ1) is 16.4. The van der Waals surface area contributed by atoms with Crippen LogP contribution in [0.5, 0.6) is 0 Å². The SMILES string of the molecule is COCCNC(=O)C1CCCN1C(=O)C12CC3CC(CC(C3)C1)C2. The first-order chi connectivity index (χ1) is 11.6. The molecule has 1 atom stereocenters. The minimum atomic E-state index is -0.262. The maximum absolute atomic E-state index is 13.5. The number of amides is 2. The summed E-state index contributed by atoms with van der Waals surface area (Å²) < 4.78 is 5.00. The summed E-state index contributed by atoms with van der Waals surface area (Å²) in [4.78, 5) is 27.9. The van der Waals surface area contributed by atoms with E-state index in [-0.39, 0.29) is 17.4 Å². The highest BCUT2D eigenvalue weighted by molar-refractivity contribution is 5.91. The Morgan fingerprint density at radius 2 is 1.75 bits per heavy atom. The second-order valence-corrected chi connectivity index (χ2v) is 8.64. The monoisotopic (exact) mass is 334 g/mol. The Labute approximate surface area is 144 Å². The van der Waals surface area contributed by atoms with Gasteiger partial charge in [-0.3, -0.25) is 9.59 Å². The highest BCUT2D eigenvalue weighted by Crippen LogP contribution is 2.60. The number of carbonyl (C=O) groups is 2. The van der Waals surface area contributed by atoms with Crippen LogP contribution in [0, 0.1) is 23.2 Å². The summed E-state index contributed by atoms with van der Waals surface area (Å²) in [5.74, 6) is 2.58. The molecule has 4 aliphatic carbocycles. The lowest BCUT2D eigenvalue weighted by Crippen LogP contribution is -2.57. The average Bonchev–Trinajstić information content (AvgIpc) is 3.02. The van der Waals surface area contributed by atoms with Crippen molar-refractivity contribution in [3.63, 3.8) is 0 Å². The summed E-state index contributed by atoms with van der Waals surface area (Å²) in [5, 5.41) is 2.93. The van der Waals surface area contributed by atoms with Crippen LogP contribution in [0.4, 0.5) is 0 Å². The summed E-state index contributed by atoms with van der Waals surface area (Å²) in [7, 11) is 1.63. The molecule has 5 rings (SSSR count).